The van der Waals surface area contributed by atoms with E-state index in [-0.39, 0.29) is 15.7 Å². The number of sulfonamides is 1. The Morgan fingerprint density at radius 2 is 1.74 bits per heavy atom. The van der Waals surface area contributed by atoms with Crippen LogP contribution in [0.2, 0.25) is 0 Å². The second-order valence-electron chi connectivity index (χ2n) is 9.27. The first kappa shape index (κ1) is 26.5. The molecule has 0 aromatic heterocycles. The summed E-state index contributed by atoms with van der Waals surface area (Å²) in [6, 6.07) is 11.9. The van der Waals surface area contributed by atoms with Gasteiger partial charge in [-0.1, -0.05) is 32.9 Å². The molecule has 34 heavy (non-hydrogen) atoms. The molecule has 0 spiro atoms. The van der Waals surface area contributed by atoms with Crippen molar-refractivity contribution < 1.29 is 22.1 Å². The van der Waals surface area contributed by atoms with E-state index < -0.39 is 19.8 Å². The number of anilines is 1. The Kier molecular flexibility index (Phi) is 8.65. The number of nitrogens with one attached hydrogen (secondary N) is 1. The van der Waals surface area contributed by atoms with E-state index >= 15 is 0 Å². The van der Waals surface area contributed by atoms with E-state index in [0.29, 0.717) is 43.7 Å². The van der Waals surface area contributed by atoms with E-state index in [9.17, 15) is 12.6 Å². The molecule has 2 aromatic carbocycles. The molecule has 1 heterocycles. The minimum atomic E-state index is -3.95. The predicted molar refractivity (Wildman–Crippen MR) is 136 cm³/mol. The van der Waals surface area contributed by atoms with Gasteiger partial charge in [-0.05, 0) is 67.0 Å². The molecular weight excluding hydrogens is 472 g/mol. The molecular formula is C25H36N2O5S2. The molecule has 1 aliphatic heterocycles. The third-order valence-corrected chi connectivity index (χ3v) is 8.85. The molecule has 9 heteroatoms. The fourth-order valence-electron chi connectivity index (χ4n) is 3.89. The molecule has 0 bridgehead atoms. The van der Waals surface area contributed by atoms with Crippen molar-refractivity contribution in [2.45, 2.75) is 49.8 Å². The van der Waals surface area contributed by atoms with Crippen molar-refractivity contribution in [1.82, 2.24) is 0 Å². The van der Waals surface area contributed by atoms with Gasteiger partial charge in [-0.3, -0.25) is 4.31 Å². The number of rotatable bonds is 10. The van der Waals surface area contributed by atoms with Gasteiger partial charge in [0.2, 0.25) is 0 Å². The molecule has 1 N–H and O–H groups in total. The SMILES string of the molecule is CCc1ccc(N(CC(C)C)S(=O)(=O)c2ccc(OCC3CCOCC3)c([S@](C)(=N)=O)c2)cc1. The highest BCUT2D eigenvalue weighted by Gasteiger charge is 2.28. The summed E-state index contributed by atoms with van der Waals surface area (Å²) in [6.45, 7) is 8.06. The molecule has 1 saturated heterocycles. The molecule has 0 radical (unpaired) electrons. The molecule has 7 nitrogen and oxygen atoms in total. The maximum absolute atomic E-state index is 13.7. The molecule has 1 aliphatic rings. The molecule has 2 aromatic rings. The Morgan fingerprint density at radius 1 is 1.09 bits per heavy atom. The van der Waals surface area contributed by atoms with E-state index in [0.717, 1.165) is 24.8 Å². The Morgan fingerprint density at radius 3 is 2.29 bits per heavy atom. The molecule has 3 rings (SSSR count). The summed E-state index contributed by atoms with van der Waals surface area (Å²) < 4.78 is 61.2. The molecule has 1 fully saturated rings. The number of hydrogen-bond donors (Lipinski definition) is 1. The van der Waals surface area contributed by atoms with Crippen LogP contribution in [-0.4, -0.2) is 45.2 Å². The molecule has 188 valence electrons. The summed E-state index contributed by atoms with van der Waals surface area (Å²) >= 11 is 0. The molecule has 0 saturated carbocycles. The summed E-state index contributed by atoms with van der Waals surface area (Å²) in [4.78, 5) is 0.106. The lowest BCUT2D eigenvalue weighted by Crippen LogP contribution is -2.34. The van der Waals surface area contributed by atoms with Gasteiger partial charge in [-0.15, -0.1) is 0 Å². The van der Waals surface area contributed by atoms with Crippen molar-refractivity contribution in [3.05, 3.63) is 48.0 Å². The lowest BCUT2D eigenvalue weighted by Gasteiger charge is -2.27. The second kappa shape index (κ2) is 11.1. The highest BCUT2D eigenvalue weighted by molar-refractivity contribution is 7.93. The summed E-state index contributed by atoms with van der Waals surface area (Å²) in [7, 11) is -7.18. The molecule has 0 amide bonds. The standard InChI is InChI=1S/C25H36N2O5S2/c1-5-20-6-8-22(9-7-20)27(17-19(2)3)34(29,30)23-10-11-24(25(16-23)33(4,26)28)32-18-21-12-14-31-15-13-21/h6-11,16,19,21,26H,5,12-15,17-18H2,1-4H3/t33-/m1/s1. The smallest absolute Gasteiger partial charge is 0.264 e. The average molecular weight is 509 g/mol. The average Bonchev–Trinajstić information content (AvgIpc) is 2.81. The fourth-order valence-corrected chi connectivity index (χ4v) is 6.48. The van der Waals surface area contributed by atoms with Gasteiger partial charge < -0.3 is 9.47 Å². The predicted octanol–water partition coefficient (Wildman–Crippen LogP) is 4.94. The number of hydrogen-bond acceptors (Lipinski definition) is 6. The van der Waals surface area contributed by atoms with Gasteiger partial charge in [0.25, 0.3) is 10.0 Å². The van der Waals surface area contributed by atoms with E-state index in [1.165, 1.54) is 28.8 Å². The van der Waals surface area contributed by atoms with Crippen LogP contribution >= 0.6 is 0 Å². The van der Waals surface area contributed by atoms with Crippen molar-refractivity contribution in [2.24, 2.45) is 11.8 Å². The third kappa shape index (κ3) is 6.52. The third-order valence-electron chi connectivity index (χ3n) is 5.90. The first-order valence-electron chi connectivity index (χ1n) is 11.7. The van der Waals surface area contributed by atoms with Crippen molar-refractivity contribution in [3.8, 4) is 5.75 Å². The van der Waals surface area contributed by atoms with E-state index in [1.54, 1.807) is 0 Å². The first-order valence-corrected chi connectivity index (χ1v) is 15.1. The van der Waals surface area contributed by atoms with Gasteiger partial charge in [0.15, 0.2) is 0 Å². The summed E-state index contributed by atoms with van der Waals surface area (Å²) in [6.07, 6.45) is 3.91. The van der Waals surface area contributed by atoms with Crippen LogP contribution in [0, 0.1) is 16.6 Å². The van der Waals surface area contributed by atoms with Crippen LogP contribution in [0.15, 0.2) is 52.3 Å². The Bertz CT molecular complexity index is 1170. The largest absolute Gasteiger partial charge is 0.492 e. The van der Waals surface area contributed by atoms with Gasteiger partial charge in [-0.25, -0.2) is 17.4 Å². The number of nitrogens with zero attached hydrogens (tertiary/aromatic N) is 1. The normalized spacial score (nSPS) is 16.9. The van der Waals surface area contributed by atoms with Crippen LogP contribution in [0.25, 0.3) is 0 Å². The topological polar surface area (TPSA) is 96.8 Å². The van der Waals surface area contributed by atoms with Gasteiger partial charge in [-0.2, -0.15) is 0 Å². The zero-order valence-electron chi connectivity index (χ0n) is 20.5. The summed E-state index contributed by atoms with van der Waals surface area (Å²) in [5.41, 5.74) is 1.70. The van der Waals surface area contributed by atoms with E-state index in [1.807, 2.05) is 45.0 Å². The van der Waals surface area contributed by atoms with Crippen molar-refractivity contribution in [3.63, 3.8) is 0 Å². The van der Waals surface area contributed by atoms with Crippen molar-refractivity contribution >= 4 is 25.4 Å². The summed E-state index contributed by atoms with van der Waals surface area (Å²) in [5, 5.41) is 0. The molecule has 0 aliphatic carbocycles. The van der Waals surface area contributed by atoms with Crippen LogP contribution in [-0.2, 0) is 30.9 Å². The minimum Gasteiger partial charge on any atom is -0.492 e. The fraction of sp³-hybridized carbons (Fsp3) is 0.520. The van der Waals surface area contributed by atoms with E-state index in [4.69, 9.17) is 14.3 Å². The van der Waals surface area contributed by atoms with Gasteiger partial charge in [0.1, 0.15) is 5.75 Å². The van der Waals surface area contributed by atoms with Crippen LogP contribution in [0.5, 0.6) is 5.75 Å². The number of ether oxygens (including phenoxy) is 2. The highest BCUT2D eigenvalue weighted by Crippen LogP contribution is 2.32. The van der Waals surface area contributed by atoms with Crippen molar-refractivity contribution in [2.75, 3.05) is 36.9 Å². The number of benzene rings is 2. The molecule has 1 atom stereocenters. The highest BCUT2D eigenvalue weighted by atomic mass is 32.2. The Hall–Kier alpha value is -2.10. The van der Waals surface area contributed by atoms with Crippen LogP contribution in [0.4, 0.5) is 5.69 Å². The van der Waals surface area contributed by atoms with Crippen LogP contribution in [0.3, 0.4) is 0 Å². The Balaban J connectivity index is 1.97. The van der Waals surface area contributed by atoms with Gasteiger partial charge >= 0.3 is 0 Å². The lowest BCUT2D eigenvalue weighted by molar-refractivity contribution is 0.0493. The van der Waals surface area contributed by atoms with Crippen LogP contribution < -0.4 is 9.04 Å². The Labute approximate surface area is 204 Å². The van der Waals surface area contributed by atoms with Crippen molar-refractivity contribution in [1.29, 1.82) is 4.78 Å². The summed E-state index contributed by atoms with van der Waals surface area (Å²) in [5.74, 6) is 0.709. The lowest BCUT2D eigenvalue weighted by atomic mass is 10.0. The quantitative estimate of drug-likeness (QED) is 0.490. The van der Waals surface area contributed by atoms with E-state index in [2.05, 4.69) is 0 Å². The molecule has 0 unspecified atom stereocenters. The van der Waals surface area contributed by atoms with Gasteiger partial charge in [0.05, 0.1) is 31.8 Å². The second-order valence-corrected chi connectivity index (χ2v) is 13.3. The minimum absolute atomic E-state index is 0.00274. The van der Waals surface area contributed by atoms with Gasteiger partial charge in [0, 0.05) is 26.0 Å². The zero-order chi connectivity index (χ0) is 24.9. The first-order chi connectivity index (χ1) is 16.0. The monoisotopic (exact) mass is 508 g/mol. The zero-order valence-corrected chi connectivity index (χ0v) is 22.1. The maximum Gasteiger partial charge on any atom is 0.264 e. The maximum atomic E-state index is 13.7. The number of aryl methyl sites for hydroxylation is 1. The van der Waals surface area contributed by atoms with Crippen LogP contribution in [0.1, 0.15) is 39.2 Å².